The van der Waals surface area contributed by atoms with Crippen LogP contribution in [0, 0.1) is 12.7 Å². The fourth-order valence-electron chi connectivity index (χ4n) is 1.28. The maximum atomic E-state index is 13.3. The maximum absolute atomic E-state index is 13.3. The zero-order chi connectivity index (χ0) is 11.7. The summed E-state index contributed by atoms with van der Waals surface area (Å²) in [5.74, 6) is -0.476. The summed E-state index contributed by atoms with van der Waals surface area (Å²) in [6.07, 6.45) is 1.48. The van der Waals surface area contributed by atoms with Crippen molar-refractivity contribution in [3.63, 3.8) is 0 Å². The normalized spacial score (nSPS) is 10.4. The Labute approximate surface area is 91.7 Å². The lowest BCUT2D eigenvalue weighted by Gasteiger charge is -2.01. The highest BCUT2D eigenvalue weighted by Crippen LogP contribution is 2.12. The quantitative estimate of drug-likeness (QED) is 0.725. The Morgan fingerprint density at radius 1 is 1.44 bits per heavy atom. The van der Waals surface area contributed by atoms with Gasteiger partial charge in [-0.3, -0.25) is 4.79 Å². The van der Waals surface area contributed by atoms with Crippen LogP contribution in [0.3, 0.4) is 0 Å². The van der Waals surface area contributed by atoms with Crippen molar-refractivity contribution in [3.8, 4) is 5.69 Å². The molecule has 0 saturated heterocycles. The van der Waals surface area contributed by atoms with Gasteiger partial charge in [0.1, 0.15) is 11.5 Å². The number of ketones is 1. The molecule has 0 fully saturated rings. The van der Waals surface area contributed by atoms with Gasteiger partial charge in [0.2, 0.25) is 0 Å². The van der Waals surface area contributed by atoms with Crippen LogP contribution in [0.25, 0.3) is 5.69 Å². The van der Waals surface area contributed by atoms with Crippen LogP contribution in [0.1, 0.15) is 23.0 Å². The van der Waals surface area contributed by atoms with Crippen molar-refractivity contribution in [2.75, 3.05) is 0 Å². The van der Waals surface area contributed by atoms with Crippen molar-refractivity contribution in [2.24, 2.45) is 0 Å². The molecule has 1 heterocycles. The average molecular weight is 219 g/mol. The van der Waals surface area contributed by atoms with Gasteiger partial charge in [-0.1, -0.05) is 11.3 Å². The largest absolute Gasteiger partial charge is 0.293 e. The number of aryl methyl sites for hydroxylation is 1. The molecule has 0 amide bonds. The summed E-state index contributed by atoms with van der Waals surface area (Å²) in [6, 6.07) is 4.73. The first-order valence-electron chi connectivity index (χ1n) is 4.78. The summed E-state index contributed by atoms with van der Waals surface area (Å²) in [7, 11) is 0. The first-order chi connectivity index (χ1) is 7.58. The van der Waals surface area contributed by atoms with Crippen LogP contribution in [-0.4, -0.2) is 20.8 Å². The molecular formula is C11H10FN3O. The summed E-state index contributed by atoms with van der Waals surface area (Å²) in [4.78, 5) is 11.0. The van der Waals surface area contributed by atoms with E-state index in [9.17, 15) is 9.18 Å². The molecular weight excluding hydrogens is 209 g/mol. The highest BCUT2D eigenvalue weighted by Gasteiger charge is 2.07. The maximum Gasteiger partial charge on any atom is 0.181 e. The lowest BCUT2D eigenvalue weighted by atomic mass is 10.2. The van der Waals surface area contributed by atoms with E-state index in [0.717, 1.165) is 0 Å². The molecule has 0 aliphatic carbocycles. The zero-order valence-corrected chi connectivity index (χ0v) is 8.94. The third-order valence-corrected chi connectivity index (χ3v) is 2.27. The van der Waals surface area contributed by atoms with E-state index >= 15 is 0 Å². The number of carbonyl (C=O) groups excluding carboxylic acids is 1. The Balaban J connectivity index is 2.42. The molecule has 0 N–H and O–H groups in total. The van der Waals surface area contributed by atoms with Crippen LogP contribution in [0.2, 0.25) is 0 Å². The topological polar surface area (TPSA) is 47.8 Å². The van der Waals surface area contributed by atoms with Gasteiger partial charge in [0.25, 0.3) is 0 Å². The number of Topliss-reactive ketones (excluding diaryl/α,β-unsaturated/α-hetero) is 1. The van der Waals surface area contributed by atoms with E-state index in [4.69, 9.17) is 0 Å². The second-order valence-electron chi connectivity index (χ2n) is 3.54. The van der Waals surface area contributed by atoms with Gasteiger partial charge in [0.15, 0.2) is 5.78 Å². The van der Waals surface area contributed by atoms with Gasteiger partial charge >= 0.3 is 0 Å². The highest BCUT2D eigenvalue weighted by molar-refractivity contribution is 5.91. The Kier molecular flexibility index (Phi) is 2.52. The average Bonchev–Trinajstić information content (AvgIpc) is 2.71. The number of benzene rings is 1. The zero-order valence-electron chi connectivity index (χ0n) is 8.94. The number of halogens is 1. The van der Waals surface area contributed by atoms with E-state index in [2.05, 4.69) is 10.3 Å². The molecule has 16 heavy (non-hydrogen) atoms. The SMILES string of the molecule is CC(=O)c1cn(-c2ccc(C)c(F)c2)nn1. The number of rotatable bonds is 2. The molecule has 0 bridgehead atoms. The lowest BCUT2D eigenvalue weighted by Crippen LogP contribution is -1.96. The van der Waals surface area contributed by atoms with E-state index in [0.29, 0.717) is 11.3 Å². The van der Waals surface area contributed by atoms with E-state index < -0.39 is 0 Å². The van der Waals surface area contributed by atoms with Crippen LogP contribution in [0.15, 0.2) is 24.4 Å². The van der Waals surface area contributed by atoms with Crippen LogP contribution in [0.4, 0.5) is 4.39 Å². The van der Waals surface area contributed by atoms with Crippen molar-refractivity contribution < 1.29 is 9.18 Å². The monoisotopic (exact) mass is 219 g/mol. The van der Waals surface area contributed by atoms with Gasteiger partial charge < -0.3 is 0 Å². The minimum absolute atomic E-state index is 0.168. The van der Waals surface area contributed by atoms with Crippen LogP contribution >= 0.6 is 0 Å². The standard InChI is InChI=1S/C11H10FN3O/c1-7-3-4-9(5-10(7)12)15-6-11(8(2)16)13-14-15/h3-6H,1-2H3. The van der Waals surface area contributed by atoms with E-state index in [1.54, 1.807) is 19.1 Å². The van der Waals surface area contributed by atoms with E-state index in [1.807, 2.05) is 0 Å². The van der Waals surface area contributed by atoms with Crippen LogP contribution < -0.4 is 0 Å². The van der Waals surface area contributed by atoms with Gasteiger partial charge in [-0.2, -0.15) is 0 Å². The second-order valence-corrected chi connectivity index (χ2v) is 3.54. The summed E-state index contributed by atoms with van der Waals surface area (Å²) < 4.78 is 14.7. The molecule has 82 valence electrons. The molecule has 0 unspecified atom stereocenters. The van der Waals surface area contributed by atoms with Crippen molar-refractivity contribution in [1.29, 1.82) is 0 Å². The van der Waals surface area contributed by atoms with Gasteiger partial charge in [0, 0.05) is 6.92 Å². The molecule has 1 aromatic heterocycles. The number of nitrogens with zero attached hydrogens (tertiary/aromatic N) is 3. The Morgan fingerprint density at radius 2 is 2.19 bits per heavy atom. The molecule has 0 aliphatic heterocycles. The Bertz CT molecular complexity index is 548. The molecule has 0 radical (unpaired) electrons. The van der Waals surface area contributed by atoms with E-state index in [1.165, 1.54) is 23.9 Å². The van der Waals surface area contributed by atoms with Crippen molar-refractivity contribution in [1.82, 2.24) is 15.0 Å². The molecule has 0 saturated carbocycles. The Morgan fingerprint density at radius 3 is 2.75 bits per heavy atom. The van der Waals surface area contributed by atoms with Gasteiger partial charge in [-0.05, 0) is 24.6 Å². The molecule has 4 nitrogen and oxygen atoms in total. The second kappa shape index (κ2) is 3.84. The first kappa shape index (κ1) is 10.5. The number of hydrogen-bond acceptors (Lipinski definition) is 3. The predicted molar refractivity (Wildman–Crippen MR) is 56.1 cm³/mol. The fourth-order valence-corrected chi connectivity index (χ4v) is 1.28. The third-order valence-electron chi connectivity index (χ3n) is 2.27. The summed E-state index contributed by atoms with van der Waals surface area (Å²) >= 11 is 0. The molecule has 1 aromatic carbocycles. The van der Waals surface area contributed by atoms with Crippen LogP contribution in [-0.2, 0) is 0 Å². The first-order valence-corrected chi connectivity index (χ1v) is 4.78. The van der Waals surface area contributed by atoms with Gasteiger partial charge in [-0.25, -0.2) is 9.07 Å². The molecule has 0 atom stereocenters. The van der Waals surface area contributed by atoms with Crippen molar-refractivity contribution in [3.05, 3.63) is 41.5 Å². The van der Waals surface area contributed by atoms with Gasteiger partial charge in [-0.15, -0.1) is 5.10 Å². The minimum Gasteiger partial charge on any atom is -0.293 e. The molecule has 0 spiro atoms. The third kappa shape index (κ3) is 1.84. The van der Waals surface area contributed by atoms with Crippen LogP contribution in [0.5, 0.6) is 0 Å². The number of aromatic nitrogens is 3. The minimum atomic E-state index is -0.308. The number of carbonyl (C=O) groups is 1. The molecule has 2 aromatic rings. The summed E-state index contributed by atoms with van der Waals surface area (Å²) in [5, 5.41) is 7.44. The Hall–Kier alpha value is -2.04. The molecule has 2 rings (SSSR count). The molecule has 0 aliphatic rings. The smallest absolute Gasteiger partial charge is 0.181 e. The molecule has 5 heteroatoms. The summed E-state index contributed by atoms with van der Waals surface area (Å²) in [5.41, 5.74) is 1.37. The number of hydrogen-bond donors (Lipinski definition) is 0. The lowest BCUT2D eigenvalue weighted by molar-refractivity contribution is 0.101. The van der Waals surface area contributed by atoms with Crippen molar-refractivity contribution >= 4 is 5.78 Å². The fraction of sp³-hybridized carbons (Fsp3) is 0.182. The predicted octanol–water partition coefficient (Wildman–Crippen LogP) is 1.92. The summed E-state index contributed by atoms with van der Waals surface area (Å²) in [6.45, 7) is 3.09. The van der Waals surface area contributed by atoms with Gasteiger partial charge in [0.05, 0.1) is 11.9 Å². The highest BCUT2D eigenvalue weighted by atomic mass is 19.1. The van der Waals surface area contributed by atoms with E-state index in [-0.39, 0.29) is 17.3 Å². The van der Waals surface area contributed by atoms with Crippen molar-refractivity contribution in [2.45, 2.75) is 13.8 Å².